The molecule has 3 N–H and O–H groups in total. The van der Waals surface area contributed by atoms with Gasteiger partial charge < -0.3 is 4.74 Å². The van der Waals surface area contributed by atoms with Gasteiger partial charge in [-0.05, 0) is 62.1 Å². The normalized spacial score (nSPS) is 11.4. The van der Waals surface area contributed by atoms with Crippen LogP contribution in [0.4, 0.5) is 10.5 Å². The van der Waals surface area contributed by atoms with Crippen molar-refractivity contribution >= 4 is 23.6 Å². The number of amides is 3. The Kier molecular flexibility index (Phi) is 6.87. The van der Waals surface area contributed by atoms with Gasteiger partial charge in [0.25, 0.3) is 11.8 Å². The minimum absolute atomic E-state index is 0.0123. The Labute approximate surface area is 177 Å². The molecule has 0 atom stereocenters. The van der Waals surface area contributed by atoms with E-state index in [0.29, 0.717) is 11.3 Å². The smallest absolute Gasteiger partial charge is 0.412 e. The van der Waals surface area contributed by atoms with Crippen LogP contribution in [0.1, 0.15) is 67.8 Å². The molecule has 0 aliphatic heterocycles. The molecule has 7 heteroatoms. The zero-order chi connectivity index (χ0) is 22.5. The predicted molar refractivity (Wildman–Crippen MR) is 116 cm³/mol. The van der Waals surface area contributed by atoms with E-state index < -0.39 is 23.5 Å². The molecule has 0 saturated heterocycles. The number of rotatable bonds is 3. The average molecular weight is 412 g/mol. The largest absolute Gasteiger partial charge is 0.444 e. The SMILES string of the molecule is CC(C)(C)OC(=O)Nc1cccc(C(=O)NNC(=O)c2ccc(C(C)(C)C)cc2)c1. The highest BCUT2D eigenvalue weighted by atomic mass is 16.6. The van der Waals surface area contributed by atoms with Gasteiger partial charge in [0, 0.05) is 16.8 Å². The topological polar surface area (TPSA) is 96.5 Å². The number of hydrogen-bond acceptors (Lipinski definition) is 4. The molecule has 0 fully saturated rings. The number of carbonyl (C=O) groups excluding carboxylic acids is 3. The van der Waals surface area contributed by atoms with Crippen molar-refractivity contribution in [2.45, 2.75) is 52.6 Å². The molecule has 0 aromatic heterocycles. The Morgan fingerprint density at radius 1 is 0.767 bits per heavy atom. The van der Waals surface area contributed by atoms with Crippen molar-refractivity contribution in [1.29, 1.82) is 0 Å². The minimum atomic E-state index is -0.631. The number of benzene rings is 2. The van der Waals surface area contributed by atoms with Gasteiger partial charge in [0.15, 0.2) is 0 Å². The summed E-state index contributed by atoms with van der Waals surface area (Å²) in [6.07, 6.45) is -0.618. The monoisotopic (exact) mass is 411 g/mol. The third kappa shape index (κ3) is 6.92. The molecule has 0 saturated carbocycles. The van der Waals surface area contributed by atoms with Crippen LogP contribution >= 0.6 is 0 Å². The summed E-state index contributed by atoms with van der Waals surface area (Å²) >= 11 is 0. The lowest BCUT2D eigenvalue weighted by atomic mass is 9.87. The van der Waals surface area contributed by atoms with Gasteiger partial charge in [0.2, 0.25) is 0 Å². The molecule has 2 aromatic rings. The summed E-state index contributed by atoms with van der Waals surface area (Å²) in [4.78, 5) is 36.5. The van der Waals surface area contributed by atoms with E-state index in [9.17, 15) is 14.4 Å². The highest BCUT2D eigenvalue weighted by Gasteiger charge is 2.17. The number of anilines is 1. The molecule has 7 nitrogen and oxygen atoms in total. The fraction of sp³-hybridized carbons (Fsp3) is 0.348. The number of hydrogen-bond donors (Lipinski definition) is 3. The van der Waals surface area contributed by atoms with Gasteiger partial charge in [-0.15, -0.1) is 0 Å². The van der Waals surface area contributed by atoms with Crippen LogP contribution in [0.3, 0.4) is 0 Å². The predicted octanol–water partition coefficient (Wildman–Crippen LogP) is 4.41. The molecule has 0 heterocycles. The van der Waals surface area contributed by atoms with Crippen molar-refractivity contribution in [3.05, 3.63) is 65.2 Å². The van der Waals surface area contributed by atoms with Gasteiger partial charge in [0.05, 0.1) is 0 Å². The van der Waals surface area contributed by atoms with E-state index in [1.54, 1.807) is 51.1 Å². The first-order valence-corrected chi connectivity index (χ1v) is 9.66. The zero-order valence-electron chi connectivity index (χ0n) is 18.3. The molecule has 0 unspecified atom stereocenters. The Balaban J connectivity index is 1.96. The first-order valence-electron chi connectivity index (χ1n) is 9.66. The summed E-state index contributed by atoms with van der Waals surface area (Å²) in [7, 11) is 0. The van der Waals surface area contributed by atoms with E-state index in [-0.39, 0.29) is 11.0 Å². The number of carbonyl (C=O) groups is 3. The van der Waals surface area contributed by atoms with Crippen LogP contribution in [-0.4, -0.2) is 23.5 Å². The Morgan fingerprint density at radius 2 is 1.33 bits per heavy atom. The summed E-state index contributed by atoms with van der Waals surface area (Å²) in [5.41, 5.74) is 6.35. The summed E-state index contributed by atoms with van der Waals surface area (Å²) < 4.78 is 5.19. The van der Waals surface area contributed by atoms with Crippen molar-refractivity contribution < 1.29 is 19.1 Å². The molecule has 0 aliphatic rings. The van der Waals surface area contributed by atoms with Crippen LogP contribution in [0, 0.1) is 0 Å². The average Bonchev–Trinajstić information content (AvgIpc) is 2.63. The van der Waals surface area contributed by atoms with Gasteiger partial charge in [-0.2, -0.15) is 0 Å². The second-order valence-electron chi connectivity index (χ2n) is 8.94. The fourth-order valence-corrected chi connectivity index (χ4v) is 2.54. The number of nitrogens with one attached hydrogen (secondary N) is 3. The van der Waals surface area contributed by atoms with E-state index in [0.717, 1.165) is 5.56 Å². The lowest BCUT2D eigenvalue weighted by Crippen LogP contribution is -2.41. The van der Waals surface area contributed by atoms with Gasteiger partial charge in [-0.25, -0.2) is 4.79 Å². The molecule has 0 spiro atoms. The molecule has 2 aromatic carbocycles. The summed E-state index contributed by atoms with van der Waals surface area (Å²) in [5, 5.41) is 2.57. The van der Waals surface area contributed by atoms with Crippen LogP contribution in [0.5, 0.6) is 0 Å². The maximum atomic E-state index is 12.4. The second kappa shape index (κ2) is 8.98. The summed E-state index contributed by atoms with van der Waals surface area (Å²) in [6, 6.07) is 13.5. The van der Waals surface area contributed by atoms with Crippen molar-refractivity contribution in [3.8, 4) is 0 Å². The van der Waals surface area contributed by atoms with Gasteiger partial charge in [-0.1, -0.05) is 39.0 Å². The van der Waals surface area contributed by atoms with E-state index >= 15 is 0 Å². The third-order valence-corrected chi connectivity index (χ3v) is 4.07. The van der Waals surface area contributed by atoms with E-state index in [1.165, 1.54) is 6.07 Å². The maximum Gasteiger partial charge on any atom is 0.412 e. The first-order chi connectivity index (χ1) is 13.8. The van der Waals surface area contributed by atoms with Gasteiger partial charge in [-0.3, -0.25) is 25.8 Å². The molecule has 3 amide bonds. The van der Waals surface area contributed by atoms with Crippen molar-refractivity contribution in [2.75, 3.05) is 5.32 Å². The molecule has 0 bridgehead atoms. The van der Waals surface area contributed by atoms with Crippen LogP contribution < -0.4 is 16.2 Å². The number of hydrazine groups is 1. The minimum Gasteiger partial charge on any atom is -0.444 e. The molecule has 0 aliphatic carbocycles. The van der Waals surface area contributed by atoms with Crippen molar-refractivity contribution in [1.82, 2.24) is 10.9 Å². The summed E-state index contributed by atoms with van der Waals surface area (Å²) in [6.45, 7) is 11.6. The number of ether oxygens (including phenoxy) is 1. The Hall–Kier alpha value is -3.35. The lowest BCUT2D eigenvalue weighted by Gasteiger charge is -2.19. The highest BCUT2D eigenvalue weighted by Crippen LogP contribution is 2.22. The standard InChI is InChI=1S/C23H29N3O4/c1-22(2,3)17-12-10-15(11-13-17)19(27)25-26-20(28)16-8-7-9-18(14-16)24-21(29)30-23(4,5)6/h7-14H,1-6H3,(H,24,29)(H,25,27)(H,26,28). The zero-order valence-corrected chi connectivity index (χ0v) is 18.3. The van der Waals surface area contributed by atoms with E-state index in [4.69, 9.17) is 4.74 Å². The third-order valence-electron chi connectivity index (χ3n) is 4.07. The summed E-state index contributed by atoms with van der Waals surface area (Å²) in [5.74, 6) is -0.936. The highest BCUT2D eigenvalue weighted by molar-refractivity contribution is 6.00. The van der Waals surface area contributed by atoms with Crippen LogP contribution in [-0.2, 0) is 10.2 Å². The van der Waals surface area contributed by atoms with Crippen molar-refractivity contribution in [3.63, 3.8) is 0 Å². The quantitative estimate of drug-likeness (QED) is 0.652. The molecular formula is C23H29N3O4. The molecular weight excluding hydrogens is 382 g/mol. The molecule has 160 valence electrons. The Morgan fingerprint density at radius 3 is 1.87 bits per heavy atom. The van der Waals surface area contributed by atoms with Gasteiger partial charge >= 0.3 is 6.09 Å². The molecule has 2 rings (SSSR count). The molecule has 0 radical (unpaired) electrons. The molecule has 30 heavy (non-hydrogen) atoms. The first kappa shape index (κ1) is 22.9. The lowest BCUT2D eigenvalue weighted by molar-refractivity contribution is 0.0635. The van der Waals surface area contributed by atoms with Crippen LogP contribution in [0.2, 0.25) is 0 Å². The Bertz CT molecular complexity index is 923. The van der Waals surface area contributed by atoms with E-state index in [1.807, 2.05) is 12.1 Å². The fourth-order valence-electron chi connectivity index (χ4n) is 2.54. The van der Waals surface area contributed by atoms with Crippen LogP contribution in [0.15, 0.2) is 48.5 Å². The van der Waals surface area contributed by atoms with Crippen molar-refractivity contribution in [2.24, 2.45) is 0 Å². The van der Waals surface area contributed by atoms with Gasteiger partial charge in [0.1, 0.15) is 5.60 Å². The second-order valence-corrected chi connectivity index (χ2v) is 8.94. The maximum absolute atomic E-state index is 12.4. The van der Waals surface area contributed by atoms with E-state index in [2.05, 4.69) is 36.9 Å². The van der Waals surface area contributed by atoms with Crippen LogP contribution in [0.25, 0.3) is 0 Å².